The Hall–Kier alpha value is -0.0900. The first kappa shape index (κ1) is 14.9. The summed E-state index contributed by atoms with van der Waals surface area (Å²) in [4.78, 5) is 2.25. The molecule has 0 saturated heterocycles. The lowest BCUT2D eigenvalue weighted by Crippen LogP contribution is -2.12. The smallest absolute Gasteiger partial charge is 0.00248 e. The molecule has 0 aliphatic carbocycles. The van der Waals surface area contributed by atoms with E-state index in [4.69, 9.17) is 0 Å². The molecule has 0 aliphatic rings. The minimum atomic E-state index is 0. The quantitative estimate of drug-likeness (QED) is 0.572. The molecule has 0 fully saturated rings. The van der Waals surface area contributed by atoms with Gasteiger partial charge in [-0.05, 0) is 45.5 Å². The molecule has 1 nitrogen and oxygen atoms in total. The van der Waals surface area contributed by atoms with E-state index in [1.54, 1.807) is 0 Å². The van der Waals surface area contributed by atoms with E-state index < -0.39 is 0 Å². The van der Waals surface area contributed by atoms with E-state index in [2.05, 4.69) is 49.3 Å². The van der Waals surface area contributed by atoms with Crippen LogP contribution in [0.15, 0.2) is 30.3 Å². The minimum Gasteiger partial charge on any atom is -0.309 e. The monoisotopic (exact) mass is 319 g/mol. The molecule has 86 valence electrons. The maximum atomic E-state index is 2.25. The third-order valence-corrected chi connectivity index (χ3v) is 2.41. The number of hydrogen-bond acceptors (Lipinski definition) is 1. The molecule has 0 aromatic heterocycles. The Morgan fingerprint density at radius 3 is 2.20 bits per heavy atom. The minimum absolute atomic E-state index is 0. The van der Waals surface area contributed by atoms with Crippen molar-refractivity contribution in [3.8, 4) is 0 Å². The zero-order chi connectivity index (χ0) is 10.2. The Kier molecular flexibility index (Phi) is 9.10. The first-order valence-corrected chi connectivity index (χ1v) is 5.47. The Balaban J connectivity index is 0.00000196. The van der Waals surface area contributed by atoms with E-state index in [1.165, 1.54) is 37.8 Å². The third-order valence-electron chi connectivity index (χ3n) is 2.41. The maximum Gasteiger partial charge on any atom is -0.00248 e. The van der Waals surface area contributed by atoms with Crippen LogP contribution < -0.4 is 0 Å². The van der Waals surface area contributed by atoms with E-state index in [1.807, 2.05) is 0 Å². The zero-order valence-electron chi connectivity index (χ0n) is 9.78. The number of benzene rings is 1. The van der Waals surface area contributed by atoms with Crippen LogP contribution in [0.2, 0.25) is 0 Å². The number of halogens is 1. The Labute approximate surface area is 111 Å². The molecule has 0 bridgehead atoms. The van der Waals surface area contributed by atoms with Gasteiger partial charge < -0.3 is 4.90 Å². The van der Waals surface area contributed by atoms with Crippen LogP contribution >= 0.6 is 24.0 Å². The van der Waals surface area contributed by atoms with Gasteiger partial charge in [0, 0.05) is 0 Å². The maximum absolute atomic E-state index is 2.25. The second-order valence-corrected chi connectivity index (χ2v) is 4.10. The van der Waals surface area contributed by atoms with Gasteiger partial charge in [0.05, 0.1) is 0 Å². The SMILES string of the molecule is CN(C)CCCCCc1ccccc1.I. The number of hydrogen-bond donors (Lipinski definition) is 0. The summed E-state index contributed by atoms with van der Waals surface area (Å²) in [7, 11) is 4.27. The second kappa shape index (κ2) is 9.16. The predicted octanol–water partition coefficient (Wildman–Crippen LogP) is 3.58. The van der Waals surface area contributed by atoms with Gasteiger partial charge in [0.25, 0.3) is 0 Å². The molecule has 0 unspecified atom stereocenters. The van der Waals surface area contributed by atoms with Gasteiger partial charge in [-0.25, -0.2) is 0 Å². The molecular weight excluding hydrogens is 297 g/mol. The molecule has 0 amide bonds. The molecule has 0 heterocycles. The highest BCUT2D eigenvalue weighted by Gasteiger charge is 1.93. The van der Waals surface area contributed by atoms with E-state index >= 15 is 0 Å². The van der Waals surface area contributed by atoms with Gasteiger partial charge in [0.2, 0.25) is 0 Å². The van der Waals surface area contributed by atoms with Gasteiger partial charge in [-0.2, -0.15) is 0 Å². The molecule has 0 saturated carbocycles. The summed E-state index contributed by atoms with van der Waals surface area (Å²) >= 11 is 0. The number of rotatable bonds is 6. The molecule has 1 aromatic rings. The molecule has 1 rings (SSSR count). The Morgan fingerprint density at radius 1 is 0.933 bits per heavy atom. The molecule has 15 heavy (non-hydrogen) atoms. The molecule has 0 spiro atoms. The molecule has 0 N–H and O–H groups in total. The van der Waals surface area contributed by atoms with Crippen LogP contribution in [-0.2, 0) is 6.42 Å². The van der Waals surface area contributed by atoms with Crippen molar-refractivity contribution in [2.45, 2.75) is 25.7 Å². The summed E-state index contributed by atoms with van der Waals surface area (Å²) in [6, 6.07) is 10.7. The first-order chi connectivity index (χ1) is 6.79. The highest BCUT2D eigenvalue weighted by atomic mass is 127. The van der Waals surface area contributed by atoms with E-state index in [0.717, 1.165) is 0 Å². The van der Waals surface area contributed by atoms with Crippen molar-refractivity contribution in [1.29, 1.82) is 0 Å². The van der Waals surface area contributed by atoms with Gasteiger partial charge in [-0.15, -0.1) is 24.0 Å². The molecule has 0 atom stereocenters. The van der Waals surface area contributed by atoms with Crippen molar-refractivity contribution in [2.75, 3.05) is 20.6 Å². The Morgan fingerprint density at radius 2 is 1.60 bits per heavy atom. The lowest BCUT2D eigenvalue weighted by Gasteiger charge is -2.08. The van der Waals surface area contributed by atoms with Crippen LogP contribution in [-0.4, -0.2) is 25.5 Å². The number of unbranched alkanes of at least 4 members (excludes halogenated alkanes) is 2. The molecule has 2 heteroatoms. The average Bonchev–Trinajstić information content (AvgIpc) is 2.18. The molecule has 1 aromatic carbocycles. The van der Waals surface area contributed by atoms with Gasteiger partial charge in [0.15, 0.2) is 0 Å². The first-order valence-electron chi connectivity index (χ1n) is 5.47. The normalized spacial score (nSPS) is 10.1. The topological polar surface area (TPSA) is 3.24 Å². The standard InChI is InChI=1S/C13H21N.HI/c1-14(2)12-8-4-7-11-13-9-5-3-6-10-13;/h3,5-6,9-10H,4,7-8,11-12H2,1-2H3;1H. The van der Waals surface area contributed by atoms with E-state index in [-0.39, 0.29) is 24.0 Å². The fourth-order valence-electron chi connectivity index (χ4n) is 1.58. The van der Waals surface area contributed by atoms with Crippen molar-refractivity contribution in [1.82, 2.24) is 4.90 Å². The highest BCUT2D eigenvalue weighted by molar-refractivity contribution is 14.0. The van der Waals surface area contributed by atoms with Crippen LogP contribution in [0.4, 0.5) is 0 Å². The summed E-state index contributed by atoms with van der Waals surface area (Å²) < 4.78 is 0. The molecule has 0 radical (unpaired) electrons. The van der Waals surface area contributed by atoms with Crippen LogP contribution in [0, 0.1) is 0 Å². The Bertz CT molecular complexity index is 234. The second-order valence-electron chi connectivity index (χ2n) is 4.10. The summed E-state index contributed by atoms with van der Waals surface area (Å²) in [5.41, 5.74) is 1.47. The van der Waals surface area contributed by atoms with Gasteiger partial charge in [-0.3, -0.25) is 0 Å². The highest BCUT2D eigenvalue weighted by Crippen LogP contribution is 2.06. The molecular formula is C13H22IN. The molecule has 0 aliphatic heterocycles. The van der Waals surface area contributed by atoms with Crippen LogP contribution in [0.25, 0.3) is 0 Å². The van der Waals surface area contributed by atoms with Crippen molar-refractivity contribution in [2.24, 2.45) is 0 Å². The van der Waals surface area contributed by atoms with Gasteiger partial charge >= 0.3 is 0 Å². The number of nitrogens with zero attached hydrogens (tertiary/aromatic N) is 1. The largest absolute Gasteiger partial charge is 0.309 e. The third kappa shape index (κ3) is 7.79. The van der Waals surface area contributed by atoms with E-state index in [0.29, 0.717) is 0 Å². The summed E-state index contributed by atoms with van der Waals surface area (Å²) in [6.07, 6.45) is 5.21. The average molecular weight is 319 g/mol. The van der Waals surface area contributed by atoms with Crippen LogP contribution in [0.5, 0.6) is 0 Å². The lowest BCUT2D eigenvalue weighted by atomic mass is 10.1. The van der Waals surface area contributed by atoms with Gasteiger partial charge in [-0.1, -0.05) is 36.8 Å². The van der Waals surface area contributed by atoms with E-state index in [9.17, 15) is 0 Å². The fourth-order valence-corrected chi connectivity index (χ4v) is 1.58. The predicted molar refractivity (Wildman–Crippen MR) is 78.0 cm³/mol. The fraction of sp³-hybridized carbons (Fsp3) is 0.538. The van der Waals surface area contributed by atoms with Gasteiger partial charge in [0.1, 0.15) is 0 Å². The summed E-state index contributed by atoms with van der Waals surface area (Å²) in [6.45, 7) is 1.22. The van der Waals surface area contributed by atoms with Crippen molar-refractivity contribution >= 4 is 24.0 Å². The van der Waals surface area contributed by atoms with Crippen LogP contribution in [0.1, 0.15) is 24.8 Å². The van der Waals surface area contributed by atoms with Crippen molar-refractivity contribution in [3.05, 3.63) is 35.9 Å². The summed E-state index contributed by atoms with van der Waals surface area (Å²) in [5, 5.41) is 0. The van der Waals surface area contributed by atoms with Crippen LogP contribution in [0.3, 0.4) is 0 Å². The summed E-state index contributed by atoms with van der Waals surface area (Å²) in [5.74, 6) is 0. The lowest BCUT2D eigenvalue weighted by molar-refractivity contribution is 0.391. The number of aryl methyl sites for hydroxylation is 1. The zero-order valence-corrected chi connectivity index (χ0v) is 12.1. The van der Waals surface area contributed by atoms with Crippen molar-refractivity contribution in [3.63, 3.8) is 0 Å². The van der Waals surface area contributed by atoms with Crippen molar-refractivity contribution < 1.29 is 0 Å².